The van der Waals surface area contributed by atoms with E-state index in [4.69, 9.17) is 5.73 Å². The molecule has 0 bridgehead atoms. The highest BCUT2D eigenvalue weighted by Gasteiger charge is 2.14. The SMILES string of the molecule is Nc1cnc(NC2CCNC2)nc1. The Kier molecular flexibility index (Phi) is 2.27. The number of nitrogens with two attached hydrogens (primary N) is 1. The normalized spacial score (nSPS) is 21.7. The van der Waals surface area contributed by atoms with E-state index in [0.717, 1.165) is 19.5 Å². The van der Waals surface area contributed by atoms with Gasteiger partial charge >= 0.3 is 0 Å². The van der Waals surface area contributed by atoms with Crippen molar-refractivity contribution in [3.63, 3.8) is 0 Å². The van der Waals surface area contributed by atoms with Crippen LogP contribution in [0.25, 0.3) is 0 Å². The molecule has 1 aliphatic heterocycles. The Morgan fingerprint density at radius 3 is 2.85 bits per heavy atom. The molecule has 1 unspecified atom stereocenters. The first-order chi connectivity index (χ1) is 6.34. The standard InChI is InChI=1S/C8H13N5/c9-6-3-11-8(12-4-6)13-7-1-2-10-5-7/h3-4,7,10H,1-2,5,9H2,(H,11,12,13). The summed E-state index contributed by atoms with van der Waals surface area (Å²) in [6.45, 7) is 2.04. The van der Waals surface area contributed by atoms with Crippen molar-refractivity contribution < 1.29 is 0 Å². The number of anilines is 2. The van der Waals surface area contributed by atoms with Gasteiger partial charge in [0.1, 0.15) is 0 Å². The van der Waals surface area contributed by atoms with Gasteiger partial charge in [0.05, 0.1) is 18.1 Å². The molecule has 70 valence electrons. The highest BCUT2D eigenvalue weighted by atomic mass is 15.1. The van der Waals surface area contributed by atoms with E-state index in [1.807, 2.05) is 0 Å². The minimum absolute atomic E-state index is 0.448. The fourth-order valence-corrected chi connectivity index (χ4v) is 1.37. The molecule has 0 amide bonds. The molecular formula is C8H13N5. The Labute approximate surface area is 76.8 Å². The van der Waals surface area contributed by atoms with Crippen LogP contribution in [0.15, 0.2) is 12.4 Å². The summed E-state index contributed by atoms with van der Waals surface area (Å²) in [5.74, 6) is 0.655. The van der Waals surface area contributed by atoms with Crippen molar-refractivity contribution in [3.05, 3.63) is 12.4 Å². The van der Waals surface area contributed by atoms with Gasteiger partial charge in [-0.25, -0.2) is 9.97 Å². The second-order valence-electron chi connectivity index (χ2n) is 3.17. The average Bonchev–Trinajstić information content (AvgIpc) is 2.62. The molecule has 0 aliphatic carbocycles. The van der Waals surface area contributed by atoms with Gasteiger partial charge in [0.2, 0.25) is 5.95 Å². The van der Waals surface area contributed by atoms with E-state index in [1.165, 1.54) is 0 Å². The van der Waals surface area contributed by atoms with Crippen molar-refractivity contribution in [2.75, 3.05) is 24.1 Å². The fraction of sp³-hybridized carbons (Fsp3) is 0.500. The van der Waals surface area contributed by atoms with Crippen LogP contribution in [0.1, 0.15) is 6.42 Å². The molecule has 1 atom stereocenters. The third kappa shape index (κ3) is 2.06. The zero-order valence-electron chi connectivity index (χ0n) is 7.33. The molecule has 0 radical (unpaired) electrons. The predicted molar refractivity (Wildman–Crippen MR) is 51.3 cm³/mol. The molecule has 1 aromatic rings. The van der Waals surface area contributed by atoms with Crippen LogP contribution in [0.4, 0.5) is 11.6 Å². The Hall–Kier alpha value is -1.36. The van der Waals surface area contributed by atoms with E-state index < -0.39 is 0 Å². The monoisotopic (exact) mass is 179 g/mol. The van der Waals surface area contributed by atoms with Gasteiger partial charge in [-0.15, -0.1) is 0 Å². The molecular weight excluding hydrogens is 166 g/mol. The number of nitrogens with zero attached hydrogens (tertiary/aromatic N) is 2. The molecule has 2 heterocycles. The number of nitrogen functional groups attached to an aromatic ring is 1. The van der Waals surface area contributed by atoms with Gasteiger partial charge in [0, 0.05) is 12.6 Å². The smallest absolute Gasteiger partial charge is 0.222 e. The second kappa shape index (κ2) is 3.57. The lowest BCUT2D eigenvalue weighted by atomic mass is 10.3. The minimum atomic E-state index is 0.448. The van der Waals surface area contributed by atoms with Crippen molar-refractivity contribution in [2.24, 2.45) is 0 Å². The lowest BCUT2D eigenvalue weighted by Gasteiger charge is -2.10. The van der Waals surface area contributed by atoms with Crippen LogP contribution in [0, 0.1) is 0 Å². The molecule has 5 nitrogen and oxygen atoms in total. The van der Waals surface area contributed by atoms with Gasteiger partial charge in [0.15, 0.2) is 0 Å². The summed E-state index contributed by atoms with van der Waals surface area (Å²) < 4.78 is 0. The second-order valence-corrected chi connectivity index (χ2v) is 3.17. The van der Waals surface area contributed by atoms with Crippen LogP contribution in [-0.4, -0.2) is 29.1 Å². The molecule has 0 aromatic carbocycles. The zero-order valence-corrected chi connectivity index (χ0v) is 7.33. The molecule has 1 aromatic heterocycles. The van der Waals surface area contributed by atoms with E-state index in [1.54, 1.807) is 12.4 Å². The number of hydrogen-bond donors (Lipinski definition) is 3. The summed E-state index contributed by atoms with van der Waals surface area (Å²) in [5, 5.41) is 6.49. The number of rotatable bonds is 2. The molecule has 13 heavy (non-hydrogen) atoms. The number of hydrogen-bond acceptors (Lipinski definition) is 5. The van der Waals surface area contributed by atoms with Gasteiger partial charge in [0.25, 0.3) is 0 Å². The fourth-order valence-electron chi connectivity index (χ4n) is 1.37. The van der Waals surface area contributed by atoms with Gasteiger partial charge in [-0.1, -0.05) is 0 Å². The summed E-state index contributed by atoms with van der Waals surface area (Å²) in [7, 11) is 0. The largest absolute Gasteiger partial charge is 0.396 e. The van der Waals surface area contributed by atoms with Gasteiger partial charge in [-0.3, -0.25) is 0 Å². The van der Waals surface area contributed by atoms with E-state index in [2.05, 4.69) is 20.6 Å². The van der Waals surface area contributed by atoms with Crippen molar-refractivity contribution in [1.29, 1.82) is 0 Å². The number of nitrogens with one attached hydrogen (secondary N) is 2. The zero-order chi connectivity index (χ0) is 9.10. The predicted octanol–water partition coefficient (Wildman–Crippen LogP) is -0.167. The third-order valence-corrected chi connectivity index (χ3v) is 2.07. The summed E-state index contributed by atoms with van der Waals surface area (Å²) in [4.78, 5) is 8.13. The quantitative estimate of drug-likeness (QED) is 0.588. The van der Waals surface area contributed by atoms with E-state index in [0.29, 0.717) is 17.7 Å². The topological polar surface area (TPSA) is 75.9 Å². The van der Waals surface area contributed by atoms with Crippen molar-refractivity contribution in [1.82, 2.24) is 15.3 Å². The van der Waals surface area contributed by atoms with Crippen LogP contribution >= 0.6 is 0 Å². The first kappa shape index (κ1) is 8.25. The Bertz CT molecular complexity index is 264. The van der Waals surface area contributed by atoms with Crippen LogP contribution < -0.4 is 16.4 Å². The minimum Gasteiger partial charge on any atom is -0.396 e. The maximum atomic E-state index is 5.47. The Morgan fingerprint density at radius 2 is 2.23 bits per heavy atom. The first-order valence-corrected chi connectivity index (χ1v) is 4.39. The molecule has 1 aliphatic rings. The average molecular weight is 179 g/mol. The highest BCUT2D eigenvalue weighted by molar-refractivity contribution is 5.36. The summed E-state index contributed by atoms with van der Waals surface area (Å²) in [6, 6.07) is 0.448. The molecule has 0 spiro atoms. The Balaban J connectivity index is 1.97. The maximum Gasteiger partial charge on any atom is 0.222 e. The van der Waals surface area contributed by atoms with Crippen LogP contribution in [0.5, 0.6) is 0 Å². The van der Waals surface area contributed by atoms with E-state index >= 15 is 0 Å². The van der Waals surface area contributed by atoms with Crippen LogP contribution in [0.2, 0.25) is 0 Å². The highest BCUT2D eigenvalue weighted by Crippen LogP contribution is 2.06. The molecule has 5 heteroatoms. The van der Waals surface area contributed by atoms with Crippen molar-refractivity contribution in [2.45, 2.75) is 12.5 Å². The van der Waals surface area contributed by atoms with Gasteiger partial charge in [-0.05, 0) is 13.0 Å². The van der Waals surface area contributed by atoms with Gasteiger partial charge in [-0.2, -0.15) is 0 Å². The lowest BCUT2D eigenvalue weighted by molar-refractivity contribution is 0.780. The van der Waals surface area contributed by atoms with Crippen LogP contribution in [-0.2, 0) is 0 Å². The van der Waals surface area contributed by atoms with Gasteiger partial charge < -0.3 is 16.4 Å². The summed E-state index contributed by atoms with van der Waals surface area (Å²) >= 11 is 0. The Morgan fingerprint density at radius 1 is 1.46 bits per heavy atom. The third-order valence-electron chi connectivity index (χ3n) is 2.07. The summed E-state index contributed by atoms with van der Waals surface area (Å²) in [5.41, 5.74) is 6.06. The van der Waals surface area contributed by atoms with E-state index in [9.17, 15) is 0 Å². The van der Waals surface area contributed by atoms with E-state index in [-0.39, 0.29) is 0 Å². The summed E-state index contributed by atoms with van der Waals surface area (Å²) in [6.07, 6.45) is 4.34. The molecule has 1 saturated heterocycles. The lowest BCUT2D eigenvalue weighted by Crippen LogP contribution is -2.23. The molecule has 4 N–H and O–H groups in total. The van der Waals surface area contributed by atoms with Crippen molar-refractivity contribution in [3.8, 4) is 0 Å². The van der Waals surface area contributed by atoms with Crippen LogP contribution in [0.3, 0.4) is 0 Å². The molecule has 2 rings (SSSR count). The first-order valence-electron chi connectivity index (χ1n) is 4.39. The number of aromatic nitrogens is 2. The van der Waals surface area contributed by atoms with Crippen molar-refractivity contribution >= 4 is 11.6 Å². The molecule has 0 saturated carbocycles. The molecule has 1 fully saturated rings. The maximum absolute atomic E-state index is 5.47.